The summed E-state index contributed by atoms with van der Waals surface area (Å²) in [6.45, 7) is 16.0. The van der Waals surface area contributed by atoms with Crippen molar-refractivity contribution in [3.63, 3.8) is 0 Å². The topological polar surface area (TPSA) is 14.2 Å². The van der Waals surface area contributed by atoms with E-state index in [1.54, 1.807) is 0 Å². The van der Waals surface area contributed by atoms with Gasteiger partial charge in [-0.3, -0.25) is 0 Å². The van der Waals surface area contributed by atoms with Gasteiger partial charge in [0.2, 0.25) is 0 Å². The van der Waals surface area contributed by atoms with Crippen molar-refractivity contribution < 1.29 is 9.13 Å². The van der Waals surface area contributed by atoms with E-state index in [4.69, 9.17) is 0 Å². The van der Waals surface area contributed by atoms with Crippen molar-refractivity contribution in [1.82, 2.24) is 0 Å². The number of pyridine rings is 2. The standard InChI is InChI=1S/C57H86N4/c1-5-9-13-22-44-60(45-23-14-10-6-2)56-34-30-52(31-35-56)26-28-54-38-48-58(49-39-54)42-20-18-17-19-21-43-59-50-40-55(41-51-59)29-27-53-32-36-57(37-33-53)61(46-24-15-11-7-3)47-25-16-12-8-4/h26-41,48-51H,5-25,42-47H2,1-4H3/q+2. The molecule has 0 bridgehead atoms. The average Bonchev–Trinajstić information content (AvgIpc) is 3.30. The molecule has 0 amide bonds. The number of aromatic nitrogens is 2. The molecule has 0 fully saturated rings. The van der Waals surface area contributed by atoms with E-state index in [9.17, 15) is 0 Å². The minimum Gasteiger partial charge on any atom is -0.372 e. The molecular weight excluding hydrogens is 741 g/mol. The second kappa shape index (κ2) is 31.6. The third-order valence-electron chi connectivity index (χ3n) is 12.2. The van der Waals surface area contributed by atoms with Gasteiger partial charge in [0.05, 0.1) is 0 Å². The molecule has 61 heavy (non-hydrogen) atoms. The van der Waals surface area contributed by atoms with E-state index in [1.807, 2.05) is 0 Å². The number of nitrogens with zero attached hydrogens (tertiary/aromatic N) is 4. The Kier molecular flexibility index (Phi) is 25.7. The second-order valence-electron chi connectivity index (χ2n) is 17.6. The molecule has 2 aromatic carbocycles. The first-order chi connectivity index (χ1) is 30.1. The van der Waals surface area contributed by atoms with Crippen molar-refractivity contribution in [2.75, 3.05) is 36.0 Å². The number of benzene rings is 2. The lowest BCUT2D eigenvalue weighted by Gasteiger charge is -2.25. The highest BCUT2D eigenvalue weighted by molar-refractivity contribution is 5.71. The van der Waals surface area contributed by atoms with Crippen LogP contribution < -0.4 is 18.9 Å². The molecule has 4 rings (SSSR count). The monoisotopic (exact) mass is 827 g/mol. The molecule has 0 aliphatic heterocycles. The molecule has 4 nitrogen and oxygen atoms in total. The number of aryl methyl sites for hydroxylation is 2. The molecule has 0 unspecified atom stereocenters. The molecule has 0 spiro atoms. The molecule has 0 saturated carbocycles. The highest BCUT2D eigenvalue weighted by Gasteiger charge is 2.09. The summed E-state index contributed by atoms with van der Waals surface area (Å²) in [6.07, 6.45) is 45.3. The molecule has 0 N–H and O–H groups in total. The van der Waals surface area contributed by atoms with Gasteiger partial charge in [0.1, 0.15) is 13.1 Å². The predicted molar refractivity (Wildman–Crippen MR) is 268 cm³/mol. The van der Waals surface area contributed by atoms with Crippen molar-refractivity contribution in [3.8, 4) is 0 Å². The third kappa shape index (κ3) is 21.0. The zero-order chi connectivity index (χ0) is 43.0. The molecule has 0 atom stereocenters. The zero-order valence-electron chi connectivity index (χ0n) is 39.4. The van der Waals surface area contributed by atoms with Gasteiger partial charge in [-0.25, -0.2) is 9.13 Å². The fraction of sp³-hybridized carbons (Fsp3) is 0.544. The van der Waals surface area contributed by atoms with Crippen LogP contribution in [0.15, 0.2) is 97.6 Å². The first kappa shape index (κ1) is 49.5. The number of hydrogen-bond donors (Lipinski definition) is 0. The Bertz CT molecular complexity index is 1550. The van der Waals surface area contributed by atoms with Crippen molar-refractivity contribution in [1.29, 1.82) is 0 Å². The number of anilines is 2. The summed E-state index contributed by atoms with van der Waals surface area (Å²) in [4.78, 5) is 5.23. The zero-order valence-corrected chi connectivity index (χ0v) is 39.4. The van der Waals surface area contributed by atoms with Gasteiger partial charge in [0.15, 0.2) is 24.8 Å². The summed E-state index contributed by atoms with van der Waals surface area (Å²) in [5, 5.41) is 0. The van der Waals surface area contributed by atoms with Gasteiger partial charge in [-0.05, 0) is 85.0 Å². The summed E-state index contributed by atoms with van der Waals surface area (Å²) < 4.78 is 4.67. The molecule has 4 aromatic rings. The van der Waals surface area contributed by atoms with Gasteiger partial charge in [-0.1, -0.05) is 160 Å². The normalized spacial score (nSPS) is 11.6. The SMILES string of the molecule is CCCCCCN(CCCCCC)c1ccc(/C=C/c2cc[n+](CCCCCCC[n+]3ccc(/C=C/c4ccc(N(CCCCCC)CCCCCC)cc4)cc3)cc2)cc1. The molecule has 332 valence electrons. The van der Waals surface area contributed by atoms with Gasteiger partial charge in [0, 0.05) is 74.7 Å². The summed E-state index contributed by atoms with van der Waals surface area (Å²) in [7, 11) is 0. The van der Waals surface area contributed by atoms with Gasteiger partial charge in [-0.2, -0.15) is 0 Å². The summed E-state index contributed by atoms with van der Waals surface area (Å²) in [6, 6.07) is 27.4. The van der Waals surface area contributed by atoms with Crippen molar-refractivity contribution in [3.05, 3.63) is 120 Å². The summed E-state index contributed by atoms with van der Waals surface area (Å²) in [5.74, 6) is 0. The molecule has 2 aromatic heterocycles. The maximum Gasteiger partial charge on any atom is 0.169 e. The van der Waals surface area contributed by atoms with Crippen LogP contribution in [0.2, 0.25) is 0 Å². The minimum absolute atomic E-state index is 1.09. The van der Waals surface area contributed by atoms with Crippen LogP contribution in [0.3, 0.4) is 0 Å². The largest absolute Gasteiger partial charge is 0.372 e. The van der Waals surface area contributed by atoms with Crippen molar-refractivity contribution >= 4 is 35.7 Å². The molecule has 0 radical (unpaired) electrons. The Hall–Kier alpha value is -4.18. The Morgan fingerprint density at radius 1 is 0.311 bits per heavy atom. The lowest BCUT2D eigenvalue weighted by Crippen LogP contribution is -2.32. The molecule has 0 aliphatic carbocycles. The molecule has 0 saturated heterocycles. The molecule has 4 heteroatoms. The summed E-state index contributed by atoms with van der Waals surface area (Å²) in [5.41, 5.74) is 7.78. The van der Waals surface area contributed by atoms with Crippen molar-refractivity contribution in [2.45, 2.75) is 176 Å². The van der Waals surface area contributed by atoms with Crippen LogP contribution in [0.4, 0.5) is 11.4 Å². The smallest absolute Gasteiger partial charge is 0.169 e. The fourth-order valence-corrected chi connectivity index (χ4v) is 8.21. The van der Waals surface area contributed by atoms with Crippen LogP contribution in [0.25, 0.3) is 24.3 Å². The summed E-state index contributed by atoms with van der Waals surface area (Å²) >= 11 is 0. The Balaban J connectivity index is 1.11. The minimum atomic E-state index is 1.09. The van der Waals surface area contributed by atoms with Crippen LogP contribution in [-0.2, 0) is 13.1 Å². The van der Waals surface area contributed by atoms with Gasteiger partial charge in [-0.15, -0.1) is 0 Å². The van der Waals surface area contributed by atoms with Crippen LogP contribution in [-0.4, -0.2) is 26.2 Å². The maximum absolute atomic E-state index is 2.62. The van der Waals surface area contributed by atoms with Gasteiger partial charge >= 0.3 is 0 Å². The second-order valence-corrected chi connectivity index (χ2v) is 17.6. The van der Waals surface area contributed by atoms with E-state index < -0.39 is 0 Å². The first-order valence-corrected chi connectivity index (χ1v) is 25.2. The van der Waals surface area contributed by atoms with Gasteiger partial charge < -0.3 is 9.80 Å². The molecule has 0 aliphatic rings. The highest BCUT2D eigenvalue weighted by Crippen LogP contribution is 2.21. The Labute approximate surface area is 374 Å². The number of rotatable bonds is 34. The van der Waals surface area contributed by atoms with Crippen LogP contribution in [0, 0.1) is 0 Å². The molecular formula is C57H86N4+2. The Morgan fingerprint density at radius 2 is 0.574 bits per heavy atom. The van der Waals surface area contributed by atoms with E-state index in [0.29, 0.717) is 0 Å². The highest BCUT2D eigenvalue weighted by atomic mass is 15.1. The van der Waals surface area contributed by atoms with Crippen LogP contribution in [0.1, 0.15) is 185 Å². The number of unbranched alkanes of at least 4 members (excludes halogenated alkanes) is 16. The van der Waals surface area contributed by atoms with Crippen molar-refractivity contribution in [2.24, 2.45) is 0 Å². The average molecular weight is 827 g/mol. The maximum atomic E-state index is 2.62. The predicted octanol–water partition coefficient (Wildman–Crippen LogP) is 15.2. The third-order valence-corrected chi connectivity index (χ3v) is 12.2. The quantitative estimate of drug-likeness (QED) is 0.0344. The lowest BCUT2D eigenvalue weighted by atomic mass is 10.1. The van der Waals surface area contributed by atoms with E-state index in [0.717, 1.165) is 13.1 Å². The fourth-order valence-electron chi connectivity index (χ4n) is 8.21. The molecule has 2 heterocycles. The Morgan fingerprint density at radius 3 is 0.869 bits per heavy atom. The van der Waals surface area contributed by atoms with Gasteiger partial charge in [0.25, 0.3) is 0 Å². The van der Waals surface area contributed by atoms with E-state index in [-0.39, 0.29) is 0 Å². The first-order valence-electron chi connectivity index (χ1n) is 25.2. The van der Waals surface area contributed by atoms with E-state index in [1.165, 1.54) is 195 Å². The van der Waals surface area contributed by atoms with Crippen LogP contribution >= 0.6 is 0 Å². The van der Waals surface area contributed by atoms with Crippen LogP contribution in [0.5, 0.6) is 0 Å². The van der Waals surface area contributed by atoms with E-state index >= 15 is 0 Å². The number of hydrogen-bond acceptors (Lipinski definition) is 2. The lowest BCUT2D eigenvalue weighted by molar-refractivity contribution is -0.697. The van der Waals surface area contributed by atoms with E-state index in [2.05, 4.69) is 169 Å².